The summed E-state index contributed by atoms with van der Waals surface area (Å²) in [5, 5.41) is 0. The van der Waals surface area contributed by atoms with E-state index in [4.69, 9.17) is 4.79 Å². The second kappa shape index (κ2) is 10.8. The summed E-state index contributed by atoms with van der Waals surface area (Å²) in [5.41, 5.74) is 0. The summed E-state index contributed by atoms with van der Waals surface area (Å²) in [6.07, 6.45) is 1.50. The molecular weight excluding hydrogens is 95.0 g/mol. The molecule has 0 N–H and O–H groups in total. The van der Waals surface area contributed by atoms with Gasteiger partial charge in [0.05, 0.1) is 0 Å². The number of carbonyl (C=O) groups excluding carboxylic acids is 1. The van der Waals surface area contributed by atoms with E-state index >= 15 is 0 Å². The van der Waals surface area contributed by atoms with Crippen molar-refractivity contribution >= 4 is 6.29 Å². The van der Waals surface area contributed by atoms with E-state index in [1.54, 1.807) is 0 Å². The zero-order chi connectivity index (χ0) is 2.71. The van der Waals surface area contributed by atoms with Gasteiger partial charge < -0.3 is 0 Å². The van der Waals surface area contributed by atoms with Crippen LogP contribution in [-0.4, -0.2) is 6.29 Å². The van der Waals surface area contributed by atoms with Crippen molar-refractivity contribution in [3.63, 3.8) is 0 Å². The molecule has 0 saturated heterocycles. The van der Waals surface area contributed by atoms with Crippen LogP contribution in [0.3, 0.4) is 0 Å². The standard InChI is InChI=1S/C2H3O.Mn/c1-2-3;/h1H3;. The van der Waals surface area contributed by atoms with E-state index in [2.05, 4.69) is 0 Å². The molecular formula is C2H3MnO. The zero-order valence-electron chi connectivity index (χ0n) is 2.29. The van der Waals surface area contributed by atoms with Gasteiger partial charge in [-0.1, -0.05) is 0 Å². The maximum absolute atomic E-state index is 8.68. The van der Waals surface area contributed by atoms with Gasteiger partial charge in [0.15, 0.2) is 6.29 Å². The van der Waals surface area contributed by atoms with Gasteiger partial charge in [0.25, 0.3) is 0 Å². The topological polar surface area (TPSA) is 17.1 Å². The van der Waals surface area contributed by atoms with Crippen LogP contribution >= 0.6 is 0 Å². The monoisotopic (exact) mass is 98.0 g/mol. The molecule has 0 aromatic carbocycles. The van der Waals surface area contributed by atoms with Crippen molar-refractivity contribution in [3.05, 3.63) is 0 Å². The predicted molar refractivity (Wildman–Crippen MR) is 11.4 cm³/mol. The first-order chi connectivity index (χ1) is 1.41. The van der Waals surface area contributed by atoms with Gasteiger partial charge >= 0.3 is 0 Å². The van der Waals surface area contributed by atoms with Crippen LogP contribution in [0, 0.1) is 0 Å². The van der Waals surface area contributed by atoms with Crippen molar-refractivity contribution in [1.82, 2.24) is 0 Å². The summed E-state index contributed by atoms with van der Waals surface area (Å²) >= 11 is 0. The first-order valence-electron chi connectivity index (χ1n) is 0.704. The van der Waals surface area contributed by atoms with Crippen LogP contribution in [0.2, 0.25) is 0 Å². The van der Waals surface area contributed by atoms with Crippen molar-refractivity contribution in [2.45, 2.75) is 6.92 Å². The molecule has 0 bridgehead atoms. The van der Waals surface area contributed by atoms with Crippen LogP contribution < -0.4 is 0 Å². The Morgan fingerprint density at radius 1 is 1.75 bits per heavy atom. The van der Waals surface area contributed by atoms with Crippen LogP contribution in [0.15, 0.2) is 0 Å². The normalized spacial score (nSPS) is 3.25. The fourth-order valence-corrected chi connectivity index (χ4v) is 0. The van der Waals surface area contributed by atoms with E-state index in [0.717, 1.165) is 0 Å². The SMILES string of the molecule is C[C]=O.[Mn]. The van der Waals surface area contributed by atoms with Crippen molar-refractivity contribution in [3.8, 4) is 0 Å². The van der Waals surface area contributed by atoms with Gasteiger partial charge in [0.2, 0.25) is 0 Å². The largest absolute Gasteiger partial charge is 0.291 e. The Bertz CT molecular complexity index is 13.5. The maximum atomic E-state index is 8.68. The molecule has 0 aliphatic carbocycles. The third kappa shape index (κ3) is 86.3. The molecule has 0 aliphatic heterocycles. The van der Waals surface area contributed by atoms with Gasteiger partial charge in [0, 0.05) is 24.0 Å². The Balaban J connectivity index is 0. The van der Waals surface area contributed by atoms with Crippen LogP contribution in [0.25, 0.3) is 0 Å². The molecule has 2 heteroatoms. The molecule has 0 heterocycles. The summed E-state index contributed by atoms with van der Waals surface area (Å²) in [6.45, 7) is 1.32. The van der Waals surface area contributed by atoms with E-state index in [-0.39, 0.29) is 17.1 Å². The molecule has 2 radical (unpaired) electrons. The van der Waals surface area contributed by atoms with Gasteiger partial charge in [-0.05, 0) is 0 Å². The Morgan fingerprint density at radius 2 is 1.75 bits per heavy atom. The van der Waals surface area contributed by atoms with Crippen molar-refractivity contribution in [2.75, 3.05) is 0 Å². The Morgan fingerprint density at radius 3 is 1.75 bits per heavy atom. The molecule has 4 heavy (non-hydrogen) atoms. The first kappa shape index (κ1) is 8.89. The minimum absolute atomic E-state index is 0. The van der Waals surface area contributed by atoms with Gasteiger partial charge in [-0.3, -0.25) is 4.79 Å². The average Bonchev–Trinajstić information content (AvgIpc) is 0.918. The second-order valence-electron chi connectivity index (χ2n) is 0.204. The van der Waals surface area contributed by atoms with Crippen LogP contribution in [0.4, 0.5) is 0 Å². The minimum Gasteiger partial charge on any atom is -0.291 e. The number of hydrogen-bond acceptors (Lipinski definition) is 1. The summed E-state index contributed by atoms with van der Waals surface area (Å²) in [7, 11) is 0. The molecule has 0 saturated carbocycles. The predicted octanol–water partition coefficient (Wildman–Crippen LogP) is 0.113. The average molecular weight is 98.0 g/mol. The molecule has 0 rings (SSSR count). The van der Waals surface area contributed by atoms with Gasteiger partial charge in [-0.15, -0.1) is 0 Å². The van der Waals surface area contributed by atoms with Crippen LogP contribution in [-0.2, 0) is 21.9 Å². The molecule has 0 unspecified atom stereocenters. The van der Waals surface area contributed by atoms with Crippen LogP contribution in [0.5, 0.6) is 0 Å². The molecule has 0 aromatic rings. The van der Waals surface area contributed by atoms with E-state index in [9.17, 15) is 0 Å². The number of rotatable bonds is 0. The van der Waals surface area contributed by atoms with Crippen molar-refractivity contribution < 1.29 is 21.9 Å². The fraction of sp³-hybridized carbons (Fsp3) is 0.500. The minimum atomic E-state index is 0. The first-order valence-corrected chi connectivity index (χ1v) is 0.704. The molecule has 0 aromatic heterocycles. The molecule has 1 nitrogen and oxygen atoms in total. The smallest absolute Gasteiger partial charge is 0.195 e. The van der Waals surface area contributed by atoms with Gasteiger partial charge in [0.1, 0.15) is 0 Å². The van der Waals surface area contributed by atoms with E-state index in [0.29, 0.717) is 0 Å². The van der Waals surface area contributed by atoms with Crippen LogP contribution in [0.1, 0.15) is 6.92 Å². The molecule has 24 valence electrons. The third-order valence-electron chi connectivity index (χ3n) is 0. The Kier molecular flexibility index (Phi) is 24.0. The van der Waals surface area contributed by atoms with Crippen molar-refractivity contribution in [1.29, 1.82) is 0 Å². The molecule has 0 atom stereocenters. The quantitative estimate of drug-likeness (QED) is 0.393. The fourth-order valence-electron chi connectivity index (χ4n) is 0. The Labute approximate surface area is 35.9 Å². The van der Waals surface area contributed by atoms with E-state index < -0.39 is 0 Å². The van der Waals surface area contributed by atoms with Gasteiger partial charge in [-0.25, -0.2) is 0 Å². The van der Waals surface area contributed by atoms with E-state index in [1.807, 2.05) is 0 Å². The molecule has 0 spiro atoms. The molecule has 0 fully saturated rings. The summed E-state index contributed by atoms with van der Waals surface area (Å²) < 4.78 is 0. The van der Waals surface area contributed by atoms with Gasteiger partial charge in [-0.2, -0.15) is 0 Å². The third-order valence-corrected chi connectivity index (χ3v) is 0. The summed E-state index contributed by atoms with van der Waals surface area (Å²) in [6, 6.07) is 0. The summed E-state index contributed by atoms with van der Waals surface area (Å²) in [5.74, 6) is 0. The molecule has 0 aliphatic rings. The van der Waals surface area contributed by atoms with Crippen molar-refractivity contribution in [2.24, 2.45) is 0 Å². The second-order valence-corrected chi connectivity index (χ2v) is 0.204. The Hall–Kier alpha value is 0.189. The summed E-state index contributed by atoms with van der Waals surface area (Å²) in [4.78, 5) is 8.68. The molecule has 0 amide bonds. The maximum Gasteiger partial charge on any atom is 0.195 e. The zero-order valence-corrected chi connectivity index (χ0v) is 3.47. The van der Waals surface area contributed by atoms with E-state index in [1.165, 1.54) is 13.2 Å². The number of hydrogen-bond donors (Lipinski definition) is 0.